The summed E-state index contributed by atoms with van der Waals surface area (Å²) in [4.78, 5) is 24.3. The zero-order valence-electron chi connectivity index (χ0n) is 13.0. The smallest absolute Gasteiger partial charge is 0.341 e. The van der Waals surface area contributed by atoms with Crippen molar-refractivity contribution in [3.8, 4) is 0 Å². The number of ketones is 1. The molecule has 0 radical (unpaired) electrons. The second-order valence-corrected chi connectivity index (χ2v) is 5.02. The summed E-state index contributed by atoms with van der Waals surface area (Å²) in [5.41, 5.74) is 0.977. The molecule has 0 atom stereocenters. The minimum Gasteiger partial charge on any atom is -0.462 e. The Balaban J connectivity index is 2.51. The SMILES string of the molecule is CCCC(=O)/C(=C\c1cccc2ccccc12)C(=O)OCC. The van der Waals surface area contributed by atoms with Gasteiger partial charge in [0.25, 0.3) is 0 Å². The monoisotopic (exact) mass is 296 g/mol. The summed E-state index contributed by atoms with van der Waals surface area (Å²) in [6.45, 7) is 3.90. The van der Waals surface area contributed by atoms with Crippen LogP contribution in [-0.4, -0.2) is 18.4 Å². The van der Waals surface area contributed by atoms with Crippen LogP contribution >= 0.6 is 0 Å². The van der Waals surface area contributed by atoms with Gasteiger partial charge >= 0.3 is 5.97 Å². The van der Waals surface area contributed by atoms with Crippen molar-refractivity contribution in [1.29, 1.82) is 0 Å². The van der Waals surface area contributed by atoms with Crippen molar-refractivity contribution in [3.63, 3.8) is 0 Å². The van der Waals surface area contributed by atoms with E-state index in [1.54, 1.807) is 13.0 Å². The highest BCUT2D eigenvalue weighted by Crippen LogP contribution is 2.22. The maximum Gasteiger partial charge on any atom is 0.341 e. The molecule has 0 heterocycles. The van der Waals surface area contributed by atoms with Gasteiger partial charge in [-0.3, -0.25) is 4.79 Å². The number of benzene rings is 2. The Morgan fingerprint density at radius 3 is 2.50 bits per heavy atom. The molecule has 0 aromatic heterocycles. The highest BCUT2D eigenvalue weighted by atomic mass is 16.5. The predicted molar refractivity (Wildman–Crippen MR) is 88.5 cm³/mol. The molecule has 0 saturated carbocycles. The standard InChI is InChI=1S/C19H20O3/c1-3-8-18(20)17(19(21)22-4-2)13-15-11-7-10-14-9-5-6-12-16(14)15/h5-7,9-13H,3-4,8H2,1-2H3/b17-13+. The molecule has 22 heavy (non-hydrogen) atoms. The van der Waals surface area contributed by atoms with E-state index >= 15 is 0 Å². The van der Waals surface area contributed by atoms with Crippen LogP contribution in [0, 0.1) is 0 Å². The lowest BCUT2D eigenvalue weighted by molar-refractivity contribution is -0.139. The van der Waals surface area contributed by atoms with E-state index in [0.717, 1.165) is 16.3 Å². The van der Waals surface area contributed by atoms with E-state index in [1.807, 2.05) is 49.4 Å². The van der Waals surface area contributed by atoms with Crippen molar-refractivity contribution < 1.29 is 14.3 Å². The lowest BCUT2D eigenvalue weighted by atomic mass is 9.99. The molecule has 0 fully saturated rings. The third-order valence-electron chi connectivity index (χ3n) is 3.40. The third-order valence-corrected chi connectivity index (χ3v) is 3.40. The molecule has 0 bridgehead atoms. The fourth-order valence-corrected chi connectivity index (χ4v) is 2.36. The van der Waals surface area contributed by atoms with Crippen molar-refractivity contribution in [3.05, 3.63) is 53.6 Å². The lowest BCUT2D eigenvalue weighted by Gasteiger charge is -2.07. The van der Waals surface area contributed by atoms with Crippen LogP contribution in [0.2, 0.25) is 0 Å². The Morgan fingerprint density at radius 2 is 1.77 bits per heavy atom. The van der Waals surface area contributed by atoms with Crippen LogP contribution in [-0.2, 0) is 14.3 Å². The third kappa shape index (κ3) is 3.61. The van der Waals surface area contributed by atoms with Crippen molar-refractivity contribution in [2.24, 2.45) is 0 Å². The fraction of sp³-hybridized carbons (Fsp3) is 0.263. The molecule has 0 unspecified atom stereocenters. The van der Waals surface area contributed by atoms with Crippen LogP contribution in [0.5, 0.6) is 0 Å². The zero-order valence-corrected chi connectivity index (χ0v) is 13.0. The van der Waals surface area contributed by atoms with Crippen LogP contribution in [0.15, 0.2) is 48.0 Å². The molecule has 0 aliphatic carbocycles. The number of carbonyl (C=O) groups excluding carboxylic acids is 2. The van der Waals surface area contributed by atoms with Gasteiger partial charge in [-0.25, -0.2) is 4.79 Å². The largest absolute Gasteiger partial charge is 0.462 e. The number of ether oxygens (including phenoxy) is 1. The summed E-state index contributed by atoms with van der Waals surface area (Å²) in [5.74, 6) is -0.720. The van der Waals surface area contributed by atoms with E-state index in [-0.39, 0.29) is 18.0 Å². The summed E-state index contributed by atoms with van der Waals surface area (Å²) < 4.78 is 5.03. The molecular weight excluding hydrogens is 276 g/mol. The summed E-state index contributed by atoms with van der Waals surface area (Å²) in [5, 5.41) is 2.08. The lowest BCUT2D eigenvalue weighted by Crippen LogP contribution is -2.15. The number of fused-ring (bicyclic) bond motifs is 1. The number of esters is 1. The number of hydrogen-bond acceptors (Lipinski definition) is 3. The van der Waals surface area contributed by atoms with Crippen molar-refractivity contribution in [2.45, 2.75) is 26.7 Å². The minimum absolute atomic E-state index is 0.125. The first-order valence-electron chi connectivity index (χ1n) is 7.57. The van der Waals surface area contributed by atoms with Gasteiger partial charge in [-0.05, 0) is 35.8 Å². The van der Waals surface area contributed by atoms with Gasteiger partial charge < -0.3 is 4.74 Å². The van der Waals surface area contributed by atoms with Gasteiger partial charge in [0.05, 0.1) is 6.61 Å². The zero-order chi connectivity index (χ0) is 15.9. The quantitative estimate of drug-likeness (QED) is 0.348. The number of Topliss-reactive ketones (excluding diaryl/α,β-unsaturated/α-hetero) is 1. The van der Waals surface area contributed by atoms with Crippen molar-refractivity contribution >= 4 is 28.6 Å². The highest BCUT2D eigenvalue weighted by molar-refractivity contribution is 6.21. The molecule has 114 valence electrons. The Labute approximate surface area is 130 Å². The van der Waals surface area contributed by atoms with E-state index in [1.165, 1.54) is 0 Å². The van der Waals surface area contributed by atoms with Gasteiger partial charge in [-0.1, -0.05) is 49.4 Å². The van der Waals surface area contributed by atoms with Gasteiger partial charge in [-0.2, -0.15) is 0 Å². The van der Waals surface area contributed by atoms with Crippen LogP contribution in [0.25, 0.3) is 16.8 Å². The van der Waals surface area contributed by atoms with E-state index < -0.39 is 5.97 Å². The van der Waals surface area contributed by atoms with Gasteiger partial charge in [0.2, 0.25) is 0 Å². The summed E-state index contributed by atoms with van der Waals surface area (Å²) in [6, 6.07) is 13.7. The molecule has 0 aliphatic heterocycles. The maximum atomic E-state index is 12.2. The van der Waals surface area contributed by atoms with Gasteiger partial charge in [0.1, 0.15) is 5.57 Å². The van der Waals surface area contributed by atoms with Gasteiger partial charge in [0.15, 0.2) is 5.78 Å². The van der Waals surface area contributed by atoms with Crippen molar-refractivity contribution in [2.75, 3.05) is 6.61 Å². The molecule has 2 aromatic rings. The van der Waals surface area contributed by atoms with Crippen LogP contribution in [0.1, 0.15) is 32.3 Å². The summed E-state index contributed by atoms with van der Waals surface area (Å²) in [7, 11) is 0. The molecule has 3 heteroatoms. The summed E-state index contributed by atoms with van der Waals surface area (Å²) >= 11 is 0. The second-order valence-electron chi connectivity index (χ2n) is 5.02. The second kappa shape index (κ2) is 7.55. The average Bonchev–Trinajstić information content (AvgIpc) is 2.53. The van der Waals surface area contributed by atoms with Crippen LogP contribution in [0.3, 0.4) is 0 Å². The van der Waals surface area contributed by atoms with Crippen LogP contribution < -0.4 is 0 Å². The first-order valence-corrected chi connectivity index (χ1v) is 7.57. The Hall–Kier alpha value is -2.42. The highest BCUT2D eigenvalue weighted by Gasteiger charge is 2.19. The predicted octanol–water partition coefficient (Wildman–Crippen LogP) is 4.16. The molecule has 2 aromatic carbocycles. The van der Waals surface area contributed by atoms with E-state index in [2.05, 4.69) is 0 Å². The Kier molecular flexibility index (Phi) is 5.48. The van der Waals surface area contributed by atoms with Gasteiger partial charge in [0, 0.05) is 6.42 Å². The maximum absolute atomic E-state index is 12.2. The Bertz CT molecular complexity index is 688. The molecule has 0 N–H and O–H groups in total. The first-order chi connectivity index (χ1) is 10.7. The topological polar surface area (TPSA) is 43.4 Å². The number of carbonyl (C=O) groups is 2. The number of hydrogen-bond donors (Lipinski definition) is 0. The minimum atomic E-state index is -0.547. The Morgan fingerprint density at radius 1 is 1.05 bits per heavy atom. The number of rotatable bonds is 6. The van der Waals surface area contributed by atoms with E-state index in [9.17, 15) is 9.59 Å². The molecule has 0 aliphatic rings. The molecular formula is C19H20O3. The van der Waals surface area contributed by atoms with E-state index in [4.69, 9.17) is 4.74 Å². The van der Waals surface area contributed by atoms with Crippen LogP contribution in [0.4, 0.5) is 0 Å². The normalized spacial score (nSPS) is 11.5. The molecule has 0 amide bonds. The van der Waals surface area contributed by atoms with Gasteiger partial charge in [-0.15, -0.1) is 0 Å². The first kappa shape index (κ1) is 16.0. The molecule has 0 spiro atoms. The molecule has 0 saturated heterocycles. The molecule has 3 nitrogen and oxygen atoms in total. The summed E-state index contributed by atoms with van der Waals surface area (Å²) in [6.07, 6.45) is 2.69. The fourth-order valence-electron chi connectivity index (χ4n) is 2.36. The molecule has 2 rings (SSSR count). The van der Waals surface area contributed by atoms with E-state index in [0.29, 0.717) is 12.8 Å². The van der Waals surface area contributed by atoms with Crippen molar-refractivity contribution in [1.82, 2.24) is 0 Å². The average molecular weight is 296 g/mol.